The van der Waals surface area contributed by atoms with Crippen LogP contribution in [0.25, 0.3) is 0 Å². The van der Waals surface area contributed by atoms with Gasteiger partial charge in [-0.3, -0.25) is 5.10 Å². The summed E-state index contributed by atoms with van der Waals surface area (Å²) < 4.78 is 27.1. The Hall–Kier alpha value is -0.960. The van der Waals surface area contributed by atoms with Crippen molar-refractivity contribution in [2.24, 2.45) is 0 Å². The van der Waals surface area contributed by atoms with E-state index in [0.717, 1.165) is 25.9 Å². The van der Waals surface area contributed by atoms with Crippen molar-refractivity contribution < 1.29 is 8.42 Å². The van der Waals surface area contributed by atoms with Gasteiger partial charge in [-0.25, -0.2) is 13.1 Å². The van der Waals surface area contributed by atoms with E-state index in [0.29, 0.717) is 6.54 Å². The molecule has 0 atom stereocenters. The number of rotatable bonds is 5. The van der Waals surface area contributed by atoms with Gasteiger partial charge < -0.3 is 9.80 Å². The molecule has 2 N–H and O–H groups in total. The van der Waals surface area contributed by atoms with Crippen molar-refractivity contribution in [1.82, 2.24) is 24.7 Å². The summed E-state index contributed by atoms with van der Waals surface area (Å²) in [7, 11) is 2.63. The molecule has 1 aliphatic heterocycles. The van der Waals surface area contributed by atoms with Crippen LogP contribution in [0.3, 0.4) is 0 Å². The van der Waals surface area contributed by atoms with Gasteiger partial charge in [-0.15, -0.1) is 0 Å². The normalized spacial score (nSPS) is 20.4. The Morgan fingerprint density at radius 1 is 1.45 bits per heavy atom. The third-order valence-electron chi connectivity index (χ3n) is 4.24. The van der Waals surface area contributed by atoms with E-state index in [-0.39, 0.29) is 10.4 Å². The molecule has 0 aliphatic carbocycles. The highest BCUT2D eigenvalue weighted by Crippen LogP contribution is 2.26. The molecule has 0 spiro atoms. The van der Waals surface area contributed by atoms with Crippen LogP contribution in [-0.2, 0) is 10.0 Å². The molecule has 0 amide bonds. The number of nitrogens with zero attached hydrogens (tertiary/aromatic N) is 3. The number of sulfonamides is 1. The maximum atomic E-state index is 12.2. The molecule has 20 heavy (non-hydrogen) atoms. The van der Waals surface area contributed by atoms with E-state index in [1.807, 2.05) is 14.1 Å². The minimum absolute atomic E-state index is 0.122. The molecule has 0 radical (unpaired) electrons. The number of aromatic nitrogens is 2. The predicted molar refractivity (Wildman–Crippen MR) is 76.9 cm³/mol. The monoisotopic (exact) mass is 301 g/mol. The number of hydrogen-bond acceptors (Lipinski definition) is 5. The highest BCUT2D eigenvalue weighted by atomic mass is 32.2. The van der Waals surface area contributed by atoms with Crippen LogP contribution in [0.1, 0.15) is 12.8 Å². The number of nitrogens with one attached hydrogen (secondary N) is 2. The fourth-order valence-corrected chi connectivity index (χ4v) is 3.54. The molecule has 0 saturated carbocycles. The van der Waals surface area contributed by atoms with E-state index in [9.17, 15) is 8.42 Å². The first-order valence-corrected chi connectivity index (χ1v) is 8.18. The molecule has 8 heteroatoms. The van der Waals surface area contributed by atoms with Crippen molar-refractivity contribution in [2.75, 3.05) is 40.8 Å². The van der Waals surface area contributed by atoms with Gasteiger partial charge in [0, 0.05) is 18.3 Å². The van der Waals surface area contributed by atoms with Gasteiger partial charge in [0.2, 0.25) is 10.0 Å². The molecular formula is C12H23N5O2S. The number of likely N-dealkylation sites (tertiary alicyclic amines) is 1. The van der Waals surface area contributed by atoms with Crippen LogP contribution < -0.4 is 4.72 Å². The summed E-state index contributed by atoms with van der Waals surface area (Å²) in [5, 5.41) is 6.21. The fraction of sp³-hybridized carbons (Fsp3) is 0.750. The number of H-pyrrole nitrogens is 1. The number of hydrogen-bond donors (Lipinski definition) is 2. The van der Waals surface area contributed by atoms with Crippen LogP contribution in [0.15, 0.2) is 17.3 Å². The second kappa shape index (κ2) is 5.80. The van der Waals surface area contributed by atoms with Gasteiger partial charge in [0.15, 0.2) is 0 Å². The zero-order valence-corrected chi connectivity index (χ0v) is 13.1. The molecule has 2 rings (SSSR count). The van der Waals surface area contributed by atoms with Gasteiger partial charge >= 0.3 is 0 Å². The van der Waals surface area contributed by atoms with Crippen LogP contribution >= 0.6 is 0 Å². The molecule has 1 saturated heterocycles. The molecule has 114 valence electrons. The van der Waals surface area contributed by atoms with Gasteiger partial charge in [0.1, 0.15) is 4.90 Å². The van der Waals surface area contributed by atoms with E-state index in [1.54, 1.807) is 0 Å². The Kier molecular flexibility index (Phi) is 4.48. The van der Waals surface area contributed by atoms with Crippen molar-refractivity contribution in [2.45, 2.75) is 23.3 Å². The standard InChI is InChI=1S/C12H23N5O2S/c1-16(2)12(4-6-17(3)7-5-12)10-15-20(18,19)11-8-13-14-9-11/h8-9,15H,4-7,10H2,1-3H3,(H,13,14). The Bertz CT molecular complexity index is 518. The predicted octanol–water partition coefficient (Wildman–Crippen LogP) is -0.286. The zero-order chi connectivity index (χ0) is 14.8. The van der Waals surface area contributed by atoms with Crippen molar-refractivity contribution in [3.8, 4) is 0 Å². The third kappa shape index (κ3) is 3.20. The lowest BCUT2D eigenvalue weighted by Crippen LogP contribution is -2.57. The first-order chi connectivity index (χ1) is 9.36. The van der Waals surface area contributed by atoms with Crippen molar-refractivity contribution in [1.29, 1.82) is 0 Å². The summed E-state index contributed by atoms with van der Waals surface area (Å²) in [5.41, 5.74) is -0.122. The third-order valence-corrected chi connectivity index (χ3v) is 5.61. The van der Waals surface area contributed by atoms with Crippen molar-refractivity contribution >= 4 is 10.0 Å². The number of likely N-dealkylation sites (N-methyl/N-ethyl adjacent to an activating group) is 1. The lowest BCUT2D eigenvalue weighted by Gasteiger charge is -2.45. The summed E-state index contributed by atoms with van der Waals surface area (Å²) >= 11 is 0. The molecule has 0 unspecified atom stereocenters. The fourth-order valence-electron chi connectivity index (χ4n) is 2.52. The molecule has 1 fully saturated rings. The van der Waals surface area contributed by atoms with E-state index in [4.69, 9.17) is 0 Å². The molecule has 2 heterocycles. The molecule has 7 nitrogen and oxygen atoms in total. The highest BCUT2D eigenvalue weighted by Gasteiger charge is 2.36. The SMILES string of the molecule is CN1CCC(CNS(=O)(=O)c2cn[nH]c2)(N(C)C)CC1. The summed E-state index contributed by atoms with van der Waals surface area (Å²) in [5.74, 6) is 0. The molecule has 1 aromatic rings. The maximum absolute atomic E-state index is 12.2. The lowest BCUT2D eigenvalue weighted by molar-refractivity contribution is 0.0706. The van der Waals surface area contributed by atoms with E-state index in [1.165, 1.54) is 12.4 Å². The lowest BCUT2D eigenvalue weighted by atomic mass is 9.86. The molecule has 0 aromatic carbocycles. The summed E-state index contributed by atoms with van der Waals surface area (Å²) in [4.78, 5) is 4.59. The molecule has 1 aromatic heterocycles. The van der Waals surface area contributed by atoms with Crippen LogP contribution in [0.4, 0.5) is 0 Å². The minimum Gasteiger partial charge on any atom is -0.306 e. The second-order valence-corrected chi connectivity index (χ2v) is 7.45. The van der Waals surface area contributed by atoms with Gasteiger partial charge in [-0.2, -0.15) is 5.10 Å². The summed E-state index contributed by atoms with van der Waals surface area (Å²) in [6.45, 7) is 2.37. The Balaban J connectivity index is 2.07. The minimum atomic E-state index is -3.49. The van der Waals surface area contributed by atoms with E-state index >= 15 is 0 Å². The van der Waals surface area contributed by atoms with Gasteiger partial charge in [0.25, 0.3) is 0 Å². The van der Waals surface area contributed by atoms with Crippen molar-refractivity contribution in [3.05, 3.63) is 12.4 Å². The summed E-state index contributed by atoms with van der Waals surface area (Å²) in [6.07, 6.45) is 4.60. The maximum Gasteiger partial charge on any atom is 0.243 e. The van der Waals surface area contributed by atoms with Gasteiger partial charge in [-0.05, 0) is 47.1 Å². The van der Waals surface area contributed by atoms with Crippen LogP contribution in [0.2, 0.25) is 0 Å². The van der Waals surface area contributed by atoms with Crippen molar-refractivity contribution in [3.63, 3.8) is 0 Å². The van der Waals surface area contributed by atoms with Crippen LogP contribution in [0.5, 0.6) is 0 Å². The average Bonchev–Trinajstić information content (AvgIpc) is 2.93. The van der Waals surface area contributed by atoms with Gasteiger partial charge in [-0.1, -0.05) is 0 Å². The largest absolute Gasteiger partial charge is 0.306 e. The zero-order valence-electron chi connectivity index (χ0n) is 12.3. The summed E-state index contributed by atoms with van der Waals surface area (Å²) in [6, 6.07) is 0. The Morgan fingerprint density at radius 2 is 2.10 bits per heavy atom. The van der Waals surface area contributed by atoms with Crippen LogP contribution in [-0.4, -0.2) is 74.7 Å². The second-order valence-electron chi connectivity index (χ2n) is 5.68. The molecule has 0 bridgehead atoms. The topological polar surface area (TPSA) is 81.3 Å². The van der Waals surface area contributed by atoms with E-state index in [2.05, 4.69) is 31.8 Å². The smallest absolute Gasteiger partial charge is 0.243 e. The Labute approximate surface area is 120 Å². The first-order valence-electron chi connectivity index (χ1n) is 6.70. The van der Waals surface area contributed by atoms with Gasteiger partial charge in [0.05, 0.1) is 6.20 Å². The Morgan fingerprint density at radius 3 is 2.60 bits per heavy atom. The van der Waals surface area contributed by atoms with E-state index < -0.39 is 10.0 Å². The van der Waals surface area contributed by atoms with Crippen LogP contribution in [0, 0.1) is 0 Å². The first kappa shape index (κ1) is 15.4. The number of aromatic amines is 1. The molecule has 1 aliphatic rings. The number of piperidine rings is 1. The molecular weight excluding hydrogens is 278 g/mol. The highest BCUT2D eigenvalue weighted by molar-refractivity contribution is 7.89. The average molecular weight is 301 g/mol. The quantitative estimate of drug-likeness (QED) is 0.781.